The van der Waals surface area contributed by atoms with Crippen LogP contribution in [0.1, 0.15) is 50.9 Å². The molecule has 0 fully saturated rings. The van der Waals surface area contributed by atoms with Gasteiger partial charge in [-0.1, -0.05) is 56.3 Å². The lowest BCUT2D eigenvalue weighted by Crippen LogP contribution is -2.26. The summed E-state index contributed by atoms with van der Waals surface area (Å²) in [5.41, 5.74) is 9.50. The Labute approximate surface area is 236 Å². The molecule has 4 heterocycles. The predicted octanol–water partition coefficient (Wildman–Crippen LogP) is 6.96. The number of allylic oxidation sites excluding steroid dienone is 4. The van der Waals surface area contributed by atoms with Gasteiger partial charge in [0.2, 0.25) is 0 Å². The van der Waals surface area contributed by atoms with Gasteiger partial charge in [-0.25, -0.2) is 4.98 Å². The van der Waals surface area contributed by atoms with E-state index < -0.39 is 0 Å². The maximum atomic E-state index is 9.30. The standard InChI is InChI=1S/C34H38N4O2/c1-3-23-12-15-35-30-5-4-14-36-34(30)29(23)19-26-13-16-40-32-11-10-27(18-28(32)17-22(26)2)24-6-8-25(9-7-24)31-20-37-33(21-39)38-31/h4,6-12,14-15,18,20,22-23,26,36,39H,3,5,13,16-17,19,21H2,1-2H3,(H,37,38). The van der Waals surface area contributed by atoms with Gasteiger partial charge in [-0.2, -0.15) is 0 Å². The van der Waals surface area contributed by atoms with Gasteiger partial charge in [-0.15, -0.1) is 0 Å². The molecule has 3 unspecified atom stereocenters. The van der Waals surface area contributed by atoms with Gasteiger partial charge in [0.05, 0.1) is 29.9 Å². The minimum atomic E-state index is -0.0902. The van der Waals surface area contributed by atoms with E-state index >= 15 is 0 Å². The molecule has 6 nitrogen and oxygen atoms in total. The number of aromatic nitrogens is 2. The van der Waals surface area contributed by atoms with Gasteiger partial charge in [-0.3, -0.25) is 4.99 Å². The minimum absolute atomic E-state index is 0.0902. The van der Waals surface area contributed by atoms with Crippen molar-refractivity contribution in [2.24, 2.45) is 22.7 Å². The molecule has 1 aromatic heterocycles. The number of imidazole rings is 1. The third-order valence-electron chi connectivity index (χ3n) is 8.65. The number of rotatable bonds is 6. The molecule has 0 aliphatic carbocycles. The summed E-state index contributed by atoms with van der Waals surface area (Å²) in [6.45, 7) is 5.33. The summed E-state index contributed by atoms with van der Waals surface area (Å²) >= 11 is 0. The number of aliphatic hydroxyl groups excluding tert-OH is 1. The molecule has 40 heavy (non-hydrogen) atoms. The number of nitrogens with zero attached hydrogens (tertiary/aromatic N) is 2. The second-order valence-electron chi connectivity index (χ2n) is 11.2. The molecular formula is C34H38N4O2. The van der Waals surface area contributed by atoms with Crippen molar-refractivity contribution in [3.05, 3.63) is 95.9 Å². The van der Waals surface area contributed by atoms with Gasteiger partial charge in [0, 0.05) is 18.5 Å². The zero-order chi connectivity index (χ0) is 27.5. The van der Waals surface area contributed by atoms with Gasteiger partial charge < -0.3 is 20.1 Å². The van der Waals surface area contributed by atoms with Crippen molar-refractivity contribution in [3.8, 4) is 28.1 Å². The SMILES string of the molecule is CCC1C=CN=C2CC=CNC2=C1CC1CCOc2ccc(-c3ccc(-c4cnc(CO)[nH]4)cc3)cc2CC1C. The molecule has 3 N–H and O–H groups in total. The number of nitrogens with one attached hydrogen (secondary N) is 2. The van der Waals surface area contributed by atoms with E-state index in [2.05, 4.69) is 89.9 Å². The summed E-state index contributed by atoms with van der Waals surface area (Å²) in [5, 5.41) is 12.9. The Morgan fingerprint density at radius 3 is 2.70 bits per heavy atom. The first-order chi connectivity index (χ1) is 19.6. The molecule has 3 atom stereocenters. The van der Waals surface area contributed by atoms with E-state index in [1.165, 1.54) is 28.0 Å². The number of aromatic amines is 1. The van der Waals surface area contributed by atoms with Gasteiger partial charge in [0.15, 0.2) is 0 Å². The van der Waals surface area contributed by atoms with Crippen molar-refractivity contribution in [2.75, 3.05) is 6.61 Å². The summed E-state index contributed by atoms with van der Waals surface area (Å²) < 4.78 is 6.35. The molecule has 2 aromatic carbocycles. The lowest BCUT2D eigenvalue weighted by molar-refractivity contribution is 0.219. The number of hydrogen-bond donors (Lipinski definition) is 3. The number of benzene rings is 2. The summed E-state index contributed by atoms with van der Waals surface area (Å²) in [6.07, 6.45) is 15.3. The van der Waals surface area contributed by atoms with Crippen molar-refractivity contribution in [3.63, 3.8) is 0 Å². The number of aliphatic imine (C=N–C) groups is 1. The average molecular weight is 535 g/mol. The highest BCUT2D eigenvalue weighted by Crippen LogP contribution is 2.38. The van der Waals surface area contributed by atoms with Gasteiger partial charge in [0.1, 0.15) is 18.2 Å². The third-order valence-corrected chi connectivity index (χ3v) is 8.65. The van der Waals surface area contributed by atoms with Crippen LogP contribution in [0.4, 0.5) is 0 Å². The Balaban J connectivity index is 1.22. The zero-order valence-corrected chi connectivity index (χ0v) is 23.4. The zero-order valence-electron chi connectivity index (χ0n) is 23.4. The summed E-state index contributed by atoms with van der Waals surface area (Å²) in [6, 6.07) is 15.1. The summed E-state index contributed by atoms with van der Waals surface area (Å²) in [5.74, 6) is 3.06. The van der Waals surface area contributed by atoms with Crippen LogP contribution in [-0.4, -0.2) is 27.4 Å². The van der Waals surface area contributed by atoms with E-state index in [-0.39, 0.29) is 6.61 Å². The molecule has 3 aromatic rings. The van der Waals surface area contributed by atoms with Crippen LogP contribution in [0.3, 0.4) is 0 Å². The maximum Gasteiger partial charge on any atom is 0.132 e. The van der Waals surface area contributed by atoms with Gasteiger partial charge >= 0.3 is 0 Å². The molecule has 0 saturated heterocycles. The monoisotopic (exact) mass is 534 g/mol. The number of ether oxygens (including phenoxy) is 1. The number of H-pyrrole nitrogens is 1. The Morgan fingerprint density at radius 1 is 1.07 bits per heavy atom. The molecule has 0 amide bonds. The van der Waals surface area contributed by atoms with Crippen LogP contribution < -0.4 is 10.1 Å². The van der Waals surface area contributed by atoms with E-state index in [0.29, 0.717) is 23.6 Å². The van der Waals surface area contributed by atoms with Crippen LogP contribution in [0.25, 0.3) is 22.4 Å². The Hall–Kier alpha value is -3.90. The van der Waals surface area contributed by atoms with Crippen molar-refractivity contribution in [2.45, 2.75) is 52.6 Å². The third kappa shape index (κ3) is 5.41. The fourth-order valence-electron chi connectivity index (χ4n) is 6.26. The van der Waals surface area contributed by atoms with Crippen molar-refractivity contribution in [1.82, 2.24) is 15.3 Å². The molecular weight excluding hydrogens is 496 g/mol. The number of hydrogen-bond acceptors (Lipinski definition) is 5. The summed E-state index contributed by atoms with van der Waals surface area (Å²) in [4.78, 5) is 12.1. The highest BCUT2D eigenvalue weighted by Gasteiger charge is 2.28. The predicted molar refractivity (Wildman–Crippen MR) is 161 cm³/mol. The van der Waals surface area contributed by atoms with E-state index in [9.17, 15) is 5.11 Å². The Kier molecular flexibility index (Phi) is 7.69. The molecule has 6 heteroatoms. The second kappa shape index (κ2) is 11.7. The van der Waals surface area contributed by atoms with Gasteiger partial charge in [0.25, 0.3) is 0 Å². The normalized spacial score (nSPS) is 22.3. The molecule has 0 bridgehead atoms. The molecule has 206 valence electrons. The molecule has 3 aliphatic rings. The average Bonchev–Trinajstić information content (AvgIpc) is 3.40. The second-order valence-corrected chi connectivity index (χ2v) is 11.2. The number of aliphatic hydroxyl groups is 1. The van der Waals surface area contributed by atoms with Crippen LogP contribution in [0.15, 0.2) is 89.5 Å². The van der Waals surface area contributed by atoms with Crippen LogP contribution in [-0.2, 0) is 13.0 Å². The van der Waals surface area contributed by atoms with Gasteiger partial charge in [-0.05, 0) is 83.7 Å². The molecule has 0 saturated carbocycles. The minimum Gasteiger partial charge on any atom is -0.493 e. The van der Waals surface area contributed by atoms with E-state index in [1.54, 1.807) is 6.20 Å². The van der Waals surface area contributed by atoms with Crippen LogP contribution in [0.5, 0.6) is 5.75 Å². The lowest BCUT2D eigenvalue weighted by Gasteiger charge is -2.31. The maximum absolute atomic E-state index is 9.30. The molecule has 0 radical (unpaired) electrons. The molecule has 6 rings (SSSR count). The van der Waals surface area contributed by atoms with Crippen molar-refractivity contribution in [1.29, 1.82) is 0 Å². The lowest BCUT2D eigenvalue weighted by atomic mass is 9.77. The topological polar surface area (TPSA) is 82.5 Å². The fraction of sp³-hybridized carbons (Fsp3) is 0.353. The van der Waals surface area contributed by atoms with E-state index in [1.807, 2.05) is 6.20 Å². The molecule has 3 aliphatic heterocycles. The van der Waals surface area contributed by atoms with E-state index in [4.69, 9.17) is 9.73 Å². The van der Waals surface area contributed by atoms with E-state index in [0.717, 1.165) is 61.4 Å². The summed E-state index contributed by atoms with van der Waals surface area (Å²) in [7, 11) is 0. The van der Waals surface area contributed by atoms with Crippen LogP contribution in [0.2, 0.25) is 0 Å². The van der Waals surface area contributed by atoms with Crippen molar-refractivity contribution >= 4 is 5.71 Å². The fourth-order valence-corrected chi connectivity index (χ4v) is 6.26. The Bertz CT molecular complexity index is 1480. The first-order valence-electron chi connectivity index (χ1n) is 14.5. The first kappa shape index (κ1) is 26.3. The Morgan fingerprint density at radius 2 is 1.90 bits per heavy atom. The number of fused-ring (bicyclic) bond motifs is 2. The molecule has 0 spiro atoms. The quantitative estimate of drug-likeness (QED) is 0.319. The van der Waals surface area contributed by atoms with Crippen molar-refractivity contribution < 1.29 is 9.84 Å². The highest BCUT2D eigenvalue weighted by atomic mass is 16.5. The largest absolute Gasteiger partial charge is 0.493 e. The first-order valence-corrected chi connectivity index (χ1v) is 14.5. The smallest absolute Gasteiger partial charge is 0.132 e. The van der Waals surface area contributed by atoms with Crippen LogP contribution in [0, 0.1) is 17.8 Å². The highest BCUT2D eigenvalue weighted by molar-refractivity contribution is 6.02. The van der Waals surface area contributed by atoms with Crippen LogP contribution >= 0.6 is 0 Å².